The number of sulfonamides is 1. The van der Waals surface area contributed by atoms with Crippen LogP contribution in [-0.2, 0) is 19.3 Å². The van der Waals surface area contributed by atoms with E-state index in [9.17, 15) is 13.2 Å². The van der Waals surface area contributed by atoms with E-state index in [2.05, 4.69) is 9.71 Å². The van der Waals surface area contributed by atoms with Crippen molar-refractivity contribution >= 4 is 34.7 Å². The lowest BCUT2D eigenvalue weighted by molar-refractivity contribution is 0.00578. The molecule has 2 heterocycles. The first kappa shape index (κ1) is 16.9. The van der Waals surface area contributed by atoms with E-state index >= 15 is 0 Å². The molecule has 2 rings (SSSR count). The molecular formula is C13H19BN2O5S. The smallest absolute Gasteiger partial charge is 0.399 e. The summed E-state index contributed by atoms with van der Waals surface area (Å²) >= 11 is 0. The van der Waals surface area contributed by atoms with Crippen LogP contribution in [0.5, 0.6) is 0 Å². The normalized spacial score (nSPS) is 20.0. The first-order valence-corrected chi connectivity index (χ1v) is 8.63. The van der Waals surface area contributed by atoms with Crippen LogP contribution < -0.4 is 10.2 Å². The van der Waals surface area contributed by atoms with Crippen molar-refractivity contribution in [3.8, 4) is 0 Å². The van der Waals surface area contributed by atoms with E-state index < -0.39 is 28.3 Å². The van der Waals surface area contributed by atoms with E-state index in [1.165, 1.54) is 12.3 Å². The van der Waals surface area contributed by atoms with Crippen LogP contribution >= 0.6 is 0 Å². The van der Waals surface area contributed by atoms with Gasteiger partial charge in [0.2, 0.25) is 10.0 Å². The number of hydrogen-bond acceptors (Lipinski definition) is 6. The highest BCUT2D eigenvalue weighted by Crippen LogP contribution is 2.36. The summed E-state index contributed by atoms with van der Waals surface area (Å²) < 4.78 is 36.4. The Balaban J connectivity index is 2.36. The zero-order valence-corrected chi connectivity index (χ0v) is 14.0. The molecule has 1 aliphatic heterocycles. The molecule has 22 heavy (non-hydrogen) atoms. The fourth-order valence-corrected chi connectivity index (χ4v) is 2.49. The predicted molar refractivity (Wildman–Crippen MR) is 83.8 cm³/mol. The lowest BCUT2D eigenvalue weighted by Gasteiger charge is -2.32. The fourth-order valence-electron chi connectivity index (χ4n) is 2.00. The second kappa shape index (κ2) is 5.33. The Morgan fingerprint density at radius 1 is 1.23 bits per heavy atom. The summed E-state index contributed by atoms with van der Waals surface area (Å²) in [4.78, 5) is 15.3. The Hall–Kier alpha value is -1.45. The van der Waals surface area contributed by atoms with Gasteiger partial charge in [0.05, 0.1) is 17.5 Å². The third kappa shape index (κ3) is 3.31. The van der Waals surface area contributed by atoms with E-state index in [0.29, 0.717) is 11.7 Å². The molecular weight excluding hydrogens is 307 g/mol. The highest BCUT2D eigenvalue weighted by Gasteiger charge is 2.52. The van der Waals surface area contributed by atoms with Crippen molar-refractivity contribution in [3.05, 3.63) is 17.8 Å². The Labute approximate surface area is 130 Å². The van der Waals surface area contributed by atoms with Crippen LogP contribution in [0.1, 0.15) is 38.1 Å². The fraction of sp³-hybridized carbons (Fsp3) is 0.538. The summed E-state index contributed by atoms with van der Waals surface area (Å²) in [5, 5.41) is 0. The van der Waals surface area contributed by atoms with Gasteiger partial charge in [-0.1, -0.05) is 0 Å². The standard InChI is InChI=1S/C13H19BN2O5S/c1-12(2)13(3,4)21-14(20-12)10-7-15-11(6-9(10)8-17)16-22(5,18)19/h6-8H,1-5H3,(H,15,16). The Morgan fingerprint density at radius 3 is 2.23 bits per heavy atom. The summed E-state index contributed by atoms with van der Waals surface area (Å²) in [6.07, 6.45) is 3.02. The van der Waals surface area contributed by atoms with Crippen molar-refractivity contribution in [2.45, 2.75) is 38.9 Å². The maximum Gasteiger partial charge on any atom is 0.497 e. The molecule has 1 aromatic rings. The molecule has 0 radical (unpaired) electrons. The van der Waals surface area contributed by atoms with Gasteiger partial charge < -0.3 is 9.31 Å². The van der Waals surface area contributed by atoms with Crippen molar-refractivity contribution < 1.29 is 22.5 Å². The van der Waals surface area contributed by atoms with Crippen molar-refractivity contribution in [1.82, 2.24) is 4.98 Å². The van der Waals surface area contributed by atoms with Gasteiger partial charge in [-0.05, 0) is 33.8 Å². The number of aldehydes is 1. The van der Waals surface area contributed by atoms with Gasteiger partial charge in [0, 0.05) is 17.2 Å². The van der Waals surface area contributed by atoms with Gasteiger partial charge >= 0.3 is 7.12 Å². The number of nitrogens with one attached hydrogen (secondary N) is 1. The predicted octanol–water partition coefficient (Wildman–Crippen LogP) is 0.565. The third-order valence-electron chi connectivity index (χ3n) is 3.89. The molecule has 0 saturated carbocycles. The van der Waals surface area contributed by atoms with Gasteiger partial charge in [-0.15, -0.1) is 0 Å². The van der Waals surface area contributed by atoms with E-state index in [4.69, 9.17) is 9.31 Å². The Kier molecular flexibility index (Phi) is 4.10. The number of carbonyl (C=O) groups is 1. The summed E-state index contributed by atoms with van der Waals surface area (Å²) in [6.45, 7) is 7.61. The molecule has 120 valence electrons. The summed E-state index contributed by atoms with van der Waals surface area (Å²) in [5.74, 6) is 0.0740. The molecule has 0 amide bonds. The van der Waals surface area contributed by atoms with Gasteiger partial charge in [0.15, 0.2) is 0 Å². The van der Waals surface area contributed by atoms with Crippen LogP contribution in [0.2, 0.25) is 0 Å². The van der Waals surface area contributed by atoms with Crippen molar-refractivity contribution in [1.29, 1.82) is 0 Å². The maximum atomic E-state index is 11.3. The van der Waals surface area contributed by atoms with E-state index in [-0.39, 0.29) is 11.4 Å². The molecule has 7 nitrogen and oxygen atoms in total. The number of hydrogen-bond donors (Lipinski definition) is 1. The zero-order valence-electron chi connectivity index (χ0n) is 13.2. The third-order valence-corrected chi connectivity index (χ3v) is 4.47. The van der Waals surface area contributed by atoms with Gasteiger partial charge in [-0.2, -0.15) is 0 Å². The molecule has 1 aromatic heterocycles. The van der Waals surface area contributed by atoms with Crippen LogP contribution in [-0.4, -0.2) is 44.3 Å². The number of nitrogens with zero attached hydrogens (tertiary/aromatic N) is 1. The Morgan fingerprint density at radius 2 is 1.77 bits per heavy atom. The summed E-state index contributed by atoms with van der Waals surface area (Å²) in [5.41, 5.74) is -0.351. The molecule has 0 atom stereocenters. The quantitative estimate of drug-likeness (QED) is 0.642. The number of carbonyl (C=O) groups excluding carboxylic acids is 1. The molecule has 0 aliphatic carbocycles. The van der Waals surface area contributed by atoms with E-state index in [1.807, 2.05) is 27.7 Å². The lowest BCUT2D eigenvalue weighted by Crippen LogP contribution is -2.41. The SMILES string of the molecule is CC1(C)OB(c2cnc(NS(C)(=O)=O)cc2C=O)OC1(C)C. The number of rotatable bonds is 4. The molecule has 1 aliphatic rings. The summed E-state index contributed by atoms with van der Waals surface area (Å²) in [7, 11) is -4.19. The van der Waals surface area contributed by atoms with Crippen LogP contribution in [0.4, 0.5) is 5.82 Å². The van der Waals surface area contributed by atoms with Crippen molar-refractivity contribution in [2.24, 2.45) is 0 Å². The monoisotopic (exact) mass is 326 g/mol. The van der Waals surface area contributed by atoms with Crippen LogP contribution in [0, 0.1) is 0 Å². The highest BCUT2D eigenvalue weighted by atomic mass is 32.2. The molecule has 0 aromatic carbocycles. The minimum atomic E-state index is -3.46. The van der Waals surface area contributed by atoms with Gasteiger partial charge in [0.25, 0.3) is 0 Å². The minimum Gasteiger partial charge on any atom is -0.399 e. The molecule has 0 spiro atoms. The van der Waals surface area contributed by atoms with Gasteiger partial charge in [0.1, 0.15) is 12.1 Å². The van der Waals surface area contributed by atoms with Gasteiger partial charge in [-0.3, -0.25) is 9.52 Å². The molecule has 1 saturated heterocycles. The molecule has 9 heteroatoms. The van der Waals surface area contributed by atoms with Crippen LogP contribution in [0.3, 0.4) is 0 Å². The topological polar surface area (TPSA) is 94.6 Å². The van der Waals surface area contributed by atoms with Crippen molar-refractivity contribution in [3.63, 3.8) is 0 Å². The Bertz CT molecular complexity index is 686. The van der Waals surface area contributed by atoms with Crippen LogP contribution in [0.15, 0.2) is 12.3 Å². The number of aromatic nitrogens is 1. The van der Waals surface area contributed by atoms with E-state index in [1.54, 1.807) is 0 Å². The maximum absolute atomic E-state index is 11.3. The number of pyridine rings is 1. The van der Waals surface area contributed by atoms with Crippen LogP contribution in [0.25, 0.3) is 0 Å². The first-order chi connectivity index (χ1) is 9.95. The lowest BCUT2D eigenvalue weighted by atomic mass is 9.77. The first-order valence-electron chi connectivity index (χ1n) is 6.74. The second-order valence-electron chi connectivity index (χ2n) is 6.28. The highest BCUT2D eigenvalue weighted by molar-refractivity contribution is 7.92. The second-order valence-corrected chi connectivity index (χ2v) is 8.03. The average molecular weight is 326 g/mol. The largest absolute Gasteiger partial charge is 0.497 e. The molecule has 1 N–H and O–H groups in total. The van der Waals surface area contributed by atoms with Gasteiger partial charge in [-0.25, -0.2) is 13.4 Å². The zero-order chi connectivity index (χ0) is 16.8. The number of anilines is 1. The summed E-state index contributed by atoms with van der Waals surface area (Å²) in [6, 6.07) is 1.36. The van der Waals surface area contributed by atoms with Crippen molar-refractivity contribution in [2.75, 3.05) is 11.0 Å². The average Bonchev–Trinajstić information content (AvgIpc) is 2.56. The minimum absolute atomic E-state index is 0.0740. The van der Waals surface area contributed by atoms with E-state index in [0.717, 1.165) is 6.26 Å². The molecule has 0 unspecified atom stereocenters. The molecule has 0 bridgehead atoms. The molecule has 1 fully saturated rings.